The maximum Gasteiger partial charge on any atom is 0.289 e. The van der Waals surface area contributed by atoms with Gasteiger partial charge in [-0.15, -0.1) is 0 Å². The van der Waals surface area contributed by atoms with E-state index in [9.17, 15) is 4.79 Å². The summed E-state index contributed by atoms with van der Waals surface area (Å²) in [5.41, 5.74) is 1.62. The highest BCUT2D eigenvalue weighted by Gasteiger charge is 2.24. The Labute approximate surface area is 130 Å². The predicted octanol–water partition coefficient (Wildman–Crippen LogP) is 2.53. The molecule has 1 aliphatic rings. The van der Waals surface area contributed by atoms with E-state index in [1.807, 2.05) is 30.0 Å². The lowest BCUT2D eigenvalue weighted by Gasteiger charge is -2.19. The van der Waals surface area contributed by atoms with Gasteiger partial charge in [-0.25, -0.2) is 0 Å². The average Bonchev–Trinajstić information content (AvgIpc) is 2.70. The molecule has 0 atom stereocenters. The number of hydrogen-bond acceptors (Lipinski definition) is 4. The lowest BCUT2D eigenvalue weighted by molar-refractivity contribution is 0.0732. The van der Waals surface area contributed by atoms with Crippen molar-refractivity contribution in [1.82, 2.24) is 9.80 Å². The van der Waals surface area contributed by atoms with Gasteiger partial charge in [-0.2, -0.15) is 0 Å². The van der Waals surface area contributed by atoms with E-state index in [1.54, 1.807) is 7.11 Å². The van der Waals surface area contributed by atoms with Gasteiger partial charge < -0.3 is 19.0 Å². The molecule has 0 unspecified atom stereocenters. The van der Waals surface area contributed by atoms with Gasteiger partial charge in [-0.05, 0) is 45.1 Å². The predicted molar refractivity (Wildman–Crippen MR) is 85.5 cm³/mol. The molecule has 5 nitrogen and oxygen atoms in total. The van der Waals surface area contributed by atoms with Crippen LogP contribution in [0.4, 0.5) is 0 Å². The van der Waals surface area contributed by atoms with E-state index in [0.717, 1.165) is 54.9 Å². The third kappa shape index (κ3) is 2.68. The second kappa shape index (κ2) is 6.01. The van der Waals surface area contributed by atoms with Crippen molar-refractivity contribution >= 4 is 16.9 Å². The van der Waals surface area contributed by atoms with Crippen LogP contribution in [0, 0.1) is 6.92 Å². The number of hydrogen-bond donors (Lipinski definition) is 0. The molecular formula is C17H22N2O3. The van der Waals surface area contributed by atoms with Crippen molar-refractivity contribution < 1.29 is 13.9 Å². The first kappa shape index (κ1) is 14.9. The number of likely N-dealkylation sites (N-methyl/N-ethyl adjacent to an activating group) is 1. The van der Waals surface area contributed by atoms with Gasteiger partial charge in [-0.1, -0.05) is 0 Å². The molecule has 0 N–H and O–H groups in total. The summed E-state index contributed by atoms with van der Waals surface area (Å²) in [7, 11) is 3.73. The number of ether oxygens (including phenoxy) is 1. The summed E-state index contributed by atoms with van der Waals surface area (Å²) >= 11 is 0. The summed E-state index contributed by atoms with van der Waals surface area (Å²) in [5, 5.41) is 0.939. The highest BCUT2D eigenvalue weighted by Crippen LogP contribution is 2.29. The summed E-state index contributed by atoms with van der Waals surface area (Å²) in [6.07, 6.45) is 0.995. The lowest BCUT2D eigenvalue weighted by Crippen LogP contribution is -2.34. The number of amides is 1. The summed E-state index contributed by atoms with van der Waals surface area (Å²) in [5.74, 6) is 1.21. The second-order valence-corrected chi connectivity index (χ2v) is 5.87. The lowest BCUT2D eigenvalue weighted by atomic mass is 10.1. The van der Waals surface area contributed by atoms with Crippen LogP contribution in [0.25, 0.3) is 11.0 Å². The molecule has 1 aliphatic heterocycles. The molecule has 1 saturated heterocycles. The maximum atomic E-state index is 12.8. The van der Waals surface area contributed by atoms with Gasteiger partial charge in [0.1, 0.15) is 11.3 Å². The molecule has 118 valence electrons. The van der Waals surface area contributed by atoms with Crippen molar-refractivity contribution in [3.05, 3.63) is 29.5 Å². The topological polar surface area (TPSA) is 45.9 Å². The van der Waals surface area contributed by atoms with Gasteiger partial charge in [0, 0.05) is 30.6 Å². The quantitative estimate of drug-likeness (QED) is 0.855. The number of carbonyl (C=O) groups is 1. The van der Waals surface area contributed by atoms with Gasteiger partial charge in [0.15, 0.2) is 5.76 Å². The molecule has 5 heteroatoms. The van der Waals surface area contributed by atoms with Crippen molar-refractivity contribution in [2.45, 2.75) is 13.3 Å². The highest BCUT2D eigenvalue weighted by atomic mass is 16.5. The first-order valence-electron chi connectivity index (χ1n) is 7.65. The summed E-state index contributed by atoms with van der Waals surface area (Å²) in [6.45, 7) is 5.39. The summed E-state index contributed by atoms with van der Waals surface area (Å²) in [4.78, 5) is 16.9. The second-order valence-electron chi connectivity index (χ2n) is 5.87. The smallest absolute Gasteiger partial charge is 0.289 e. The monoisotopic (exact) mass is 302 g/mol. The Morgan fingerprint density at radius 1 is 1.23 bits per heavy atom. The van der Waals surface area contributed by atoms with E-state index in [0.29, 0.717) is 5.76 Å². The van der Waals surface area contributed by atoms with Crippen LogP contribution in [0.3, 0.4) is 0 Å². The molecular weight excluding hydrogens is 280 g/mol. The van der Waals surface area contributed by atoms with Crippen LogP contribution in [0.15, 0.2) is 22.6 Å². The van der Waals surface area contributed by atoms with Gasteiger partial charge in [0.2, 0.25) is 0 Å². The Bertz CT molecular complexity index is 693. The molecule has 0 spiro atoms. The normalized spacial score (nSPS) is 16.8. The standard InChI is InChI=1S/C17H22N2O3/c1-12-14-11-13(21-3)5-6-15(14)22-16(12)17(20)19-8-4-7-18(2)9-10-19/h5-6,11H,4,7-10H2,1-3H3. The third-order valence-electron chi connectivity index (χ3n) is 4.34. The van der Waals surface area contributed by atoms with Crippen molar-refractivity contribution in [1.29, 1.82) is 0 Å². The molecule has 1 amide bonds. The van der Waals surface area contributed by atoms with Crippen LogP contribution >= 0.6 is 0 Å². The largest absolute Gasteiger partial charge is 0.497 e. The van der Waals surface area contributed by atoms with Crippen LogP contribution < -0.4 is 4.74 Å². The molecule has 22 heavy (non-hydrogen) atoms. The molecule has 1 aromatic carbocycles. The van der Waals surface area contributed by atoms with Crippen molar-refractivity contribution in [2.75, 3.05) is 40.3 Å². The first-order chi connectivity index (χ1) is 10.6. The molecule has 2 heterocycles. The number of rotatable bonds is 2. The van der Waals surface area contributed by atoms with E-state index >= 15 is 0 Å². The van der Waals surface area contributed by atoms with Gasteiger partial charge in [-0.3, -0.25) is 4.79 Å². The SMILES string of the molecule is COc1ccc2oc(C(=O)N3CCCN(C)CC3)c(C)c2c1. The van der Waals surface area contributed by atoms with Crippen molar-refractivity contribution in [3.8, 4) is 5.75 Å². The third-order valence-corrected chi connectivity index (χ3v) is 4.34. The Hall–Kier alpha value is -2.01. The van der Waals surface area contributed by atoms with Gasteiger partial charge in [0.25, 0.3) is 5.91 Å². The zero-order valence-electron chi connectivity index (χ0n) is 13.4. The van der Waals surface area contributed by atoms with Crippen LogP contribution in [0.5, 0.6) is 5.75 Å². The van der Waals surface area contributed by atoms with Crippen LogP contribution in [0.1, 0.15) is 22.5 Å². The van der Waals surface area contributed by atoms with Crippen LogP contribution in [-0.4, -0.2) is 56.0 Å². The number of carbonyl (C=O) groups excluding carboxylic acids is 1. The molecule has 3 rings (SSSR count). The van der Waals surface area contributed by atoms with E-state index < -0.39 is 0 Å². The summed E-state index contributed by atoms with van der Waals surface area (Å²) in [6, 6.07) is 5.62. The Kier molecular flexibility index (Phi) is 4.07. The molecule has 0 aliphatic carbocycles. The van der Waals surface area contributed by atoms with E-state index in [-0.39, 0.29) is 5.91 Å². The van der Waals surface area contributed by atoms with E-state index in [4.69, 9.17) is 9.15 Å². The number of nitrogens with zero attached hydrogens (tertiary/aromatic N) is 2. The number of aryl methyl sites for hydroxylation is 1. The molecule has 0 saturated carbocycles. The van der Waals surface area contributed by atoms with Gasteiger partial charge in [0.05, 0.1) is 7.11 Å². The number of fused-ring (bicyclic) bond motifs is 1. The maximum absolute atomic E-state index is 12.8. The van der Waals surface area contributed by atoms with E-state index in [2.05, 4.69) is 11.9 Å². The fourth-order valence-corrected chi connectivity index (χ4v) is 2.92. The summed E-state index contributed by atoms with van der Waals surface area (Å²) < 4.78 is 11.1. The minimum Gasteiger partial charge on any atom is -0.497 e. The minimum absolute atomic E-state index is 0.0111. The number of methoxy groups -OCH3 is 1. The molecule has 1 aromatic heterocycles. The van der Waals surface area contributed by atoms with Crippen LogP contribution in [0.2, 0.25) is 0 Å². The molecule has 0 radical (unpaired) electrons. The number of benzene rings is 1. The van der Waals surface area contributed by atoms with Crippen molar-refractivity contribution in [3.63, 3.8) is 0 Å². The van der Waals surface area contributed by atoms with Crippen molar-refractivity contribution in [2.24, 2.45) is 0 Å². The first-order valence-corrected chi connectivity index (χ1v) is 7.65. The fourth-order valence-electron chi connectivity index (χ4n) is 2.92. The average molecular weight is 302 g/mol. The Morgan fingerprint density at radius 3 is 2.82 bits per heavy atom. The van der Waals surface area contributed by atoms with Gasteiger partial charge >= 0.3 is 0 Å². The zero-order chi connectivity index (χ0) is 15.7. The minimum atomic E-state index is -0.0111. The fraction of sp³-hybridized carbons (Fsp3) is 0.471. The van der Waals surface area contributed by atoms with E-state index in [1.165, 1.54) is 0 Å². The number of furan rings is 1. The Morgan fingerprint density at radius 2 is 2.05 bits per heavy atom. The Balaban J connectivity index is 1.92. The molecule has 1 fully saturated rings. The molecule has 0 bridgehead atoms. The van der Waals surface area contributed by atoms with Crippen LogP contribution in [-0.2, 0) is 0 Å². The molecule has 2 aromatic rings. The highest BCUT2D eigenvalue weighted by molar-refractivity contribution is 5.99. The zero-order valence-corrected chi connectivity index (χ0v) is 13.4.